The predicted molar refractivity (Wildman–Crippen MR) is 83.0 cm³/mol. The molecule has 0 bridgehead atoms. The number of hydrogen-bond acceptors (Lipinski definition) is 4. The van der Waals surface area contributed by atoms with E-state index in [0.29, 0.717) is 17.0 Å². The highest BCUT2D eigenvalue weighted by Gasteiger charge is 2.23. The Kier molecular flexibility index (Phi) is 6.11. The largest absolute Gasteiger partial charge is 0.348 e. The van der Waals surface area contributed by atoms with Gasteiger partial charge in [-0.05, 0) is 37.9 Å². The van der Waals surface area contributed by atoms with E-state index in [1.54, 1.807) is 13.0 Å². The molecule has 1 aliphatic heterocycles. The Hall–Kier alpha value is -1.66. The van der Waals surface area contributed by atoms with Crippen molar-refractivity contribution in [1.29, 1.82) is 0 Å². The van der Waals surface area contributed by atoms with E-state index in [0.717, 1.165) is 19.5 Å². The maximum Gasteiger partial charge on any atom is 0.272 e. The fraction of sp³-hybridized carbons (Fsp3) is 0.500. The summed E-state index contributed by atoms with van der Waals surface area (Å²) in [4.78, 5) is 22.5. The SMILES string of the molecule is Cc1cc(C(=O)NC2CNCCC2C)ccc1[N+](=O)[O-].Cl. The summed E-state index contributed by atoms with van der Waals surface area (Å²) in [5, 5.41) is 17.0. The zero-order chi connectivity index (χ0) is 14.7. The number of halogens is 1. The Labute approximate surface area is 129 Å². The summed E-state index contributed by atoms with van der Waals surface area (Å²) in [6.07, 6.45) is 1.03. The van der Waals surface area contributed by atoms with Crippen LogP contribution in [0.25, 0.3) is 0 Å². The molecule has 0 saturated carbocycles. The highest BCUT2D eigenvalue weighted by molar-refractivity contribution is 5.95. The zero-order valence-corrected chi connectivity index (χ0v) is 12.9. The molecule has 0 aliphatic carbocycles. The van der Waals surface area contributed by atoms with Crippen molar-refractivity contribution in [3.63, 3.8) is 0 Å². The van der Waals surface area contributed by atoms with Gasteiger partial charge in [-0.2, -0.15) is 0 Å². The van der Waals surface area contributed by atoms with Crippen LogP contribution in [-0.2, 0) is 0 Å². The summed E-state index contributed by atoms with van der Waals surface area (Å²) in [6, 6.07) is 4.55. The van der Waals surface area contributed by atoms with Gasteiger partial charge in [0.2, 0.25) is 0 Å². The molecule has 0 radical (unpaired) electrons. The van der Waals surface area contributed by atoms with Crippen LogP contribution in [0.2, 0.25) is 0 Å². The van der Waals surface area contributed by atoms with Crippen molar-refractivity contribution in [3.8, 4) is 0 Å². The molecular formula is C14H20ClN3O3. The Bertz CT molecular complexity index is 536. The van der Waals surface area contributed by atoms with E-state index >= 15 is 0 Å². The second-order valence-electron chi connectivity index (χ2n) is 5.31. The summed E-state index contributed by atoms with van der Waals surface area (Å²) < 4.78 is 0. The lowest BCUT2D eigenvalue weighted by atomic mass is 9.94. The summed E-state index contributed by atoms with van der Waals surface area (Å²) in [6.45, 7) is 5.50. The minimum Gasteiger partial charge on any atom is -0.348 e. The molecule has 1 aliphatic rings. The molecular weight excluding hydrogens is 294 g/mol. The van der Waals surface area contributed by atoms with Crippen LogP contribution in [0.15, 0.2) is 18.2 Å². The number of piperidine rings is 1. The van der Waals surface area contributed by atoms with Gasteiger partial charge < -0.3 is 10.6 Å². The molecule has 6 nitrogen and oxygen atoms in total. The third-order valence-electron chi connectivity index (χ3n) is 3.80. The lowest BCUT2D eigenvalue weighted by Gasteiger charge is -2.30. The van der Waals surface area contributed by atoms with Crippen molar-refractivity contribution in [2.45, 2.75) is 26.3 Å². The van der Waals surface area contributed by atoms with Crippen molar-refractivity contribution in [1.82, 2.24) is 10.6 Å². The quantitative estimate of drug-likeness (QED) is 0.661. The van der Waals surface area contributed by atoms with Crippen LogP contribution in [0, 0.1) is 23.0 Å². The Morgan fingerprint density at radius 3 is 2.76 bits per heavy atom. The van der Waals surface area contributed by atoms with E-state index in [9.17, 15) is 14.9 Å². The molecule has 0 aromatic heterocycles. The van der Waals surface area contributed by atoms with Crippen molar-refractivity contribution >= 4 is 24.0 Å². The summed E-state index contributed by atoms with van der Waals surface area (Å²) >= 11 is 0. The fourth-order valence-corrected chi connectivity index (χ4v) is 2.44. The van der Waals surface area contributed by atoms with Crippen LogP contribution in [0.3, 0.4) is 0 Å². The van der Waals surface area contributed by atoms with Gasteiger partial charge in [0, 0.05) is 29.8 Å². The standard InChI is InChI=1S/C14H19N3O3.ClH/c1-9-5-6-15-8-12(9)16-14(18)11-3-4-13(17(19)20)10(2)7-11;/h3-4,7,9,12,15H,5-6,8H2,1-2H3,(H,16,18);1H. The molecule has 2 atom stereocenters. The maximum atomic E-state index is 12.2. The van der Waals surface area contributed by atoms with Gasteiger partial charge in [0.1, 0.15) is 0 Å². The molecule has 1 fully saturated rings. The average Bonchev–Trinajstić information content (AvgIpc) is 2.40. The average molecular weight is 314 g/mol. The van der Waals surface area contributed by atoms with Gasteiger partial charge >= 0.3 is 0 Å². The number of carbonyl (C=O) groups excluding carboxylic acids is 1. The molecule has 2 rings (SSSR count). The number of nitrogens with one attached hydrogen (secondary N) is 2. The van der Waals surface area contributed by atoms with Crippen LogP contribution in [-0.4, -0.2) is 30.0 Å². The van der Waals surface area contributed by atoms with Crippen molar-refractivity contribution < 1.29 is 9.72 Å². The van der Waals surface area contributed by atoms with Crippen molar-refractivity contribution in [2.24, 2.45) is 5.92 Å². The van der Waals surface area contributed by atoms with Crippen LogP contribution in [0.4, 0.5) is 5.69 Å². The van der Waals surface area contributed by atoms with Gasteiger partial charge in [-0.25, -0.2) is 0 Å². The van der Waals surface area contributed by atoms with Crippen LogP contribution in [0.5, 0.6) is 0 Å². The monoisotopic (exact) mass is 313 g/mol. The molecule has 1 aromatic carbocycles. The minimum atomic E-state index is -0.440. The molecule has 1 amide bonds. The van der Waals surface area contributed by atoms with Crippen LogP contribution >= 0.6 is 12.4 Å². The second kappa shape index (κ2) is 7.38. The first-order valence-electron chi connectivity index (χ1n) is 6.75. The summed E-state index contributed by atoms with van der Waals surface area (Å²) in [5.41, 5.74) is 0.998. The van der Waals surface area contributed by atoms with Crippen LogP contribution in [0.1, 0.15) is 29.3 Å². The summed E-state index contributed by atoms with van der Waals surface area (Å²) in [5.74, 6) is 0.253. The topological polar surface area (TPSA) is 84.3 Å². The Morgan fingerprint density at radius 1 is 1.48 bits per heavy atom. The molecule has 1 aromatic rings. The van der Waals surface area contributed by atoms with Gasteiger partial charge in [0.15, 0.2) is 0 Å². The van der Waals surface area contributed by atoms with E-state index in [-0.39, 0.29) is 30.0 Å². The number of nitrogens with zero attached hydrogens (tertiary/aromatic N) is 1. The normalized spacial score (nSPS) is 21.2. The lowest BCUT2D eigenvalue weighted by Crippen LogP contribution is -2.50. The molecule has 0 spiro atoms. The first-order chi connectivity index (χ1) is 9.49. The number of benzene rings is 1. The molecule has 116 valence electrons. The van der Waals surface area contributed by atoms with E-state index < -0.39 is 4.92 Å². The van der Waals surface area contributed by atoms with E-state index in [1.165, 1.54) is 12.1 Å². The predicted octanol–water partition coefficient (Wildman–Crippen LogP) is 2.05. The third-order valence-corrected chi connectivity index (χ3v) is 3.80. The first kappa shape index (κ1) is 17.4. The maximum absolute atomic E-state index is 12.2. The summed E-state index contributed by atoms with van der Waals surface area (Å²) in [7, 11) is 0. The minimum absolute atomic E-state index is 0. The van der Waals surface area contributed by atoms with Crippen LogP contribution < -0.4 is 10.6 Å². The van der Waals surface area contributed by atoms with E-state index in [1.807, 2.05) is 0 Å². The second-order valence-corrected chi connectivity index (χ2v) is 5.31. The smallest absolute Gasteiger partial charge is 0.272 e. The van der Waals surface area contributed by atoms with E-state index in [2.05, 4.69) is 17.6 Å². The molecule has 1 saturated heterocycles. The Balaban J connectivity index is 0.00000220. The van der Waals surface area contributed by atoms with Crippen molar-refractivity contribution in [3.05, 3.63) is 39.4 Å². The number of nitro groups is 1. The number of carbonyl (C=O) groups is 1. The number of nitro benzene ring substituents is 1. The Morgan fingerprint density at radius 2 is 2.19 bits per heavy atom. The molecule has 2 unspecified atom stereocenters. The van der Waals surface area contributed by atoms with Gasteiger partial charge in [0.05, 0.1) is 4.92 Å². The molecule has 7 heteroatoms. The van der Waals surface area contributed by atoms with Gasteiger partial charge in [-0.15, -0.1) is 12.4 Å². The van der Waals surface area contributed by atoms with Gasteiger partial charge in [0.25, 0.3) is 11.6 Å². The van der Waals surface area contributed by atoms with E-state index in [4.69, 9.17) is 0 Å². The lowest BCUT2D eigenvalue weighted by molar-refractivity contribution is -0.385. The molecule has 1 heterocycles. The van der Waals surface area contributed by atoms with Crippen molar-refractivity contribution in [2.75, 3.05) is 13.1 Å². The highest BCUT2D eigenvalue weighted by Crippen LogP contribution is 2.19. The van der Waals surface area contributed by atoms with Gasteiger partial charge in [-0.3, -0.25) is 14.9 Å². The number of hydrogen-bond donors (Lipinski definition) is 2. The fourth-order valence-electron chi connectivity index (χ4n) is 2.44. The first-order valence-corrected chi connectivity index (χ1v) is 6.75. The molecule has 2 N–H and O–H groups in total. The number of aryl methyl sites for hydroxylation is 1. The zero-order valence-electron chi connectivity index (χ0n) is 12.1. The third kappa shape index (κ3) is 4.15. The number of amides is 1. The number of rotatable bonds is 3. The van der Waals surface area contributed by atoms with Gasteiger partial charge in [-0.1, -0.05) is 6.92 Å². The molecule has 21 heavy (non-hydrogen) atoms. The highest BCUT2D eigenvalue weighted by atomic mass is 35.5.